The Balaban J connectivity index is 2.53. The molecule has 0 saturated heterocycles. The molecule has 5 heteroatoms. The number of carboxylic acids is 1. The summed E-state index contributed by atoms with van der Waals surface area (Å²) in [5.41, 5.74) is 0.644. The summed E-state index contributed by atoms with van der Waals surface area (Å²) in [5, 5.41) is 9.77. The predicted octanol–water partition coefficient (Wildman–Crippen LogP) is 2.79. The lowest BCUT2D eigenvalue weighted by Gasteiger charge is -2.03. The molecule has 0 amide bonds. The van der Waals surface area contributed by atoms with Gasteiger partial charge in [0.05, 0.1) is 5.75 Å². The second-order valence-electron chi connectivity index (χ2n) is 4.28. The third-order valence-corrected chi connectivity index (χ3v) is 4.28. The van der Waals surface area contributed by atoms with Crippen LogP contribution in [0.3, 0.4) is 0 Å². The lowest BCUT2D eigenvalue weighted by atomic mass is 10.1. The first-order valence-corrected chi connectivity index (χ1v) is 6.99. The normalized spacial score (nSPS) is 13.1. The molecule has 0 bridgehead atoms. The molecular formula is C13H14O4S. The van der Waals surface area contributed by atoms with Gasteiger partial charge in [0.25, 0.3) is 0 Å². The van der Waals surface area contributed by atoms with Crippen LogP contribution < -0.4 is 0 Å². The highest BCUT2D eigenvalue weighted by molar-refractivity contribution is 7.84. The molecule has 2 aromatic rings. The van der Waals surface area contributed by atoms with E-state index in [9.17, 15) is 14.1 Å². The molecule has 0 aliphatic heterocycles. The number of hydrogen-bond donors (Lipinski definition) is 1. The number of carbonyl (C=O) groups is 1. The molecule has 0 radical (unpaired) electrons. The minimum absolute atomic E-state index is 0.0279. The fourth-order valence-corrected chi connectivity index (χ4v) is 2.52. The van der Waals surface area contributed by atoms with Gasteiger partial charge in [-0.25, -0.2) is 4.79 Å². The topological polar surface area (TPSA) is 67.5 Å². The van der Waals surface area contributed by atoms with Crippen molar-refractivity contribution >= 4 is 27.7 Å². The fraction of sp³-hybridized carbons (Fsp3) is 0.308. The number of para-hydroxylation sites is 1. The summed E-state index contributed by atoms with van der Waals surface area (Å²) in [6, 6.07) is 6.95. The lowest BCUT2D eigenvalue weighted by molar-refractivity contribution is 0.0697. The summed E-state index contributed by atoms with van der Waals surface area (Å²) in [6.45, 7) is 3.67. The Labute approximate surface area is 107 Å². The second-order valence-corrected chi connectivity index (χ2v) is 6.27. The highest BCUT2D eigenvalue weighted by Gasteiger charge is 2.22. The summed E-state index contributed by atoms with van der Waals surface area (Å²) in [6.07, 6.45) is 0. The van der Waals surface area contributed by atoms with Crippen molar-refractivity contribution in [3.8, 4) is 0 Å². The van der Waals surface area contributed by atoms with Crippen molar-refractivity contribution in [2.45, 2.75) is 24.9 Å². The molecule has 0 aliphatic carbocycles. The first-order chi connectivity index (χ1) is 8.50. The molecule has 96 valence electrons. The first-order valence-electron chi connectivity index (χ1n) is 5.61. The summed E-state index contributed by atoms with van der Waals surface area (Å²) >= 11 is 0. The summed E-state index contributed by atoms with van der Waals surface area (Å²) in [5.74, 6) is -0.625. The summed E-state index contributed by atoms with van der Waals surface area (Å²) < 4.78 is 17.3. The van der Waals surface area contributed by atoms with Crippen molar-refractivity contribution in [2.75, 3.05) is 0 Å². The average molecular weight is 266 g/mol. The van der Waals surface area contributed by atoms with Crippen molar-refractivity contribution in [2.24, 2.45) is 0 Å². The molecule has 4 nitrogen and oxygen atoms in total. The van der Waals surface area contributed by atoms with Gasteiger partial charge in [-0.2, -0.15) is 0 Å². The molecule has 18 heavy (non-hydrogen) atoms. The van der Waals surface area contributed by atoms with Gasteiger partial charge in [-0.3, -0.25) is 4.21 Å². The Hall–Kier alpha value is -1.62. The summed E-state index contributed by atoms with van der Waals surface area (Å²) in [4.78, 5) is 11.3. The number of hydrogen-bond acceptors (Lipinski definition) is 3. The van der Waals surface area contributed by atoms with Crippen molar-refractivity contribution in [3.05, 3.63) is 35.6 Å². The third kappa shape index (κ3) is 2.31. The monoisotopic (exact) mass is 266 g/mol. The predicted molar refractivity (Wildman–Crippen MR) is 70.2 cm³/mol. The Kier molecular flexibility index (Phi) is 3.52. The number of rotatable bonds is 4. The van der Waals surface area contributed by atoms with Crippen LogP contribution in [0.15, 0.2) is 28.7 Å². The molecule has 2 rings (SSSR count). The van der Waals surface area contributed by atoms with Gasteiger partial charge < -0.3 is 9.52 Å². The van der Waals surface area contributed by atoms with Crippen molar-refractivity contribution in [3.63, 3.8) is 0 Å². The summed E-state index contributed by atoms with van der Waals surface area (Å²) in [7, 11) is -1.13. The Morgan fingerprint density at radius 1 is 1.39 bits per heavy atom. The van der Waals surface area contributed by atoms with Crippen LogP contribution in [0.2, 0.25) is 0 Å². The number of furan rings is 1. The van der Waals surface area contributed by atoms with E-state index in [2.05, 4.69) is 0 Å². The van der Waals surface area contributed by atoms with Crippen LogP contribution >= 0.6 is 0 Å². The van der Waals surface area contributed by atoms with Gasteiger partial charge in [-0.15, -0.1) is 0 Å². The molecule has 1 unspecified atom stereocenters. The average Bonchev–Trinajstić information content (AvgIpc) is 2.66. The van der Waals surface area contributed by atoms with Crippen LogP contribution in [0.4, 0.5) is 0 Å². The van der Waals surface area contributed by atoms with Gasteiger partial charge >= 0.3 is 5.97 Å². The Morgan fingerprint density at radius 3 is 2.67 bits per heavy atom. The van der Waals surface area contributed by atoms with E-state index >= 15 is 0 Å². The molecule has 0 fully saturated rings. The molecule has 0 saturated carbocycles. The molecule has 1 heterocycles. The van der Waals surface area contributed by atoms with Gasteiger partial charge in [0.15, 0.2) is 0 Å². The van der Waals surface area contributed by atoms with Crippen LogP contribution in [-0.4, -0.2) is 20.5 Å². The molecule has 0 spiro atoms. The quantitative estimate of drug-likeness (QED) is 0.924. The zero-order valence-electron chi connectivity index (χ0n) is 10.2. The zero-order valence-corrected chi connectivity index (χ0v) is 11.0. The van der Waals surface area contributed by atoms with Crippen molar-refractivity contribution < 1.29 is 18.5 Å². The van der Waals surface area contributed by atoms with Crippen LogP contribution in [-0.2, 0) is 16.6 Å². The maximum absolute atomic E-state index is 11.8. The fourth-order valence-electron chi connectivity index (χ4n) is 1.73. The van der Waals surface area contributed by atoms with E-state index in [0.29, 0.717) is 11.0 Å². The minimum atomic E-state index is -1.13. The van der Waals surface area contributed by atoms with Gasteiger partial charge in [-0.1, -0.05) is 32.0 Å². The number of aromatic carboxylic acids is 1. The van der Waals surface area contributed by atoms with Crippen molar-refractivity contribution in [1.29, 1.82) is 0 Å². The highest BCUT2D eigenvalue weighted by atomic mass is 32.2. The van der Waals surface area contributed by atoms with Gasteiger partial charge in [-0.05, 0) is 6.07 Å². The second kappa shape index (κ2) is 4.94. The van der Waals surface area contributed by atoms with E-state index in [1.165, 1.54) is 0 Å². The number of fused-ring (bicyclic) bond motifs is 1. The van der Waals surface area contributed by atoms with Crippen LogP contribution in [0.5, 0.6) is 0 Å². The zero-order chi connectivity index (χ0) is 13.3. The van der Waals surface area contributed by atoms with E-state index in [1.807, 2.05) is 13.8 Å². The molecule has 0 aliphatic rings. The van der Waals surface area contributed by atoms with Crippen LogP contribution in [0, 0.1) is 0 Å². The van der Waals surface area contributed by atoms with Crippen LogP contribution in [0.1, 0.15) is 30.0 Å². The number of carboxylic acid groups (broad SMARTS) is 1. The largest absolute Gasteiger partial charge is 0.478 e. The molecule has 1 atom stereocenters. The first kappa shape index (κ1) is 12.8. The number of benzene rings is 1. The van der Waals surface area contributed by atoms with E-state index in [1.54, 1.807) is 24.3 Å². The molecule has 1 aromatic carbocycles. The van der Waals surface area contributed by atoms with Gasteiger partial charge in [0.1, 0.15) is 16.9 Å². The van der Waals surface area contributed by atoms with E-state index in [0.717, 1.165) is 0 Å². The lowest BCUT2D eigenvalue weighted by Crippen LogP contribution is -2.10. The standard InChI is InChI=1S/C13H14O4S/c1-8(2)18(16)7-11-12(13(14)15)9-5-3-4-6-10(9)17-11/h3-6,8H,7H2,1-2H3,(H,14,15). The van der Waals surface area contributed by atoms with Gasteiger partial charge in [0, 0.05) is 21.4 Å². The highest BCUT2D eigenvalue weighted by Crippen LogP contribution is 2.27. The van der Waals surface area contributed by atoms with Crippen molar-refractivity contribution in [1.82, 2.24) is 0 Å². The smallest absolute Gasteiger partial charge is 0.339 e. The van der Waals surface area contributed by atoms with E-state index < -0.39 is 16.8 Å². The van der Waals surface area contributed by atoms with Gasteiger partial charge in [0.2, 0.25) is 0 Å². The maximum Gasteiger partial charge on any atom is 0.339 e. The Bertz CT molecular complexity index is 612. The third-order valence-electron chi connectivity index (χ3n) is 2.68. The van der Waals surface area contributed by atoms with Crippen LogP contribution in [0.25, 0.3) is 11.0 Å². The minimum Gasteiger partial charge on any atom is -0.478 e. The molecular weight excluding hydrogens is 252 g/mol. The maximum atomic E-state index is 11.8. The van der Waals surface area contributed by atoms with E-state index in [4.69, 9.17) is 4.42 Å². The molecule has 1 N–H and O–H groups in total. The molecule has 1 aromatic heterocycles. The van der Waals surface area contributed by atoms with E-state index in [-0.39, 0.29) is 22.3 Å². The SMILES string of the molecule is CC(C)S(=O)Cc1oc2ccccc2c1C(=O)O. The Morgan fingerprint density at radius 2 is 2.06 bits per heavy atom.